The first-order chi connectivity index (χ1) is 8.74. The van der Waals surface area contributed by atoms with E-state index in [2.05, 4.69) is 22.2 Å². The van der Waals surface area contributed by atoms with Gasteiger partial charge in [0.1, 0.15) is 0 Å². The van der Waals surface area contributed by atoms with Crippen LogP contribution < -0.4 is 5.32 Å². The van der Waals surface area contributed by atoms with Crippen molar-refractivity contribution in [2.45, 2.75) is 13.0 Å². The topological polar surface area (TPSA) is 61.0 Å². The zero-order valence-electron chi connectivity index (χ0n) is 10.3. The Morgan fingerprint density at radius 2 is 2.28 bits per heavy atom. The van der Waals surface area contributed by atoms with Crippen LogP contribution in [0.25, 0.3) is 11.0 Å². The van der Waals surface area contributed by atoms with Crippen molar-refractivity contribution in [3.05, 3.63) is 30.1 Å². The summed E-state index contributed by atoms with van der Waals surface area (Å²) in [7, 11) is 0. The third-order valence-electron chi connectivity index (χ3n) is 3.25. The van der Waals surface area contributed by atoms with Crippen LogP contribution in [-0.4, -0.2) is 46.5 Å². The molecule has 94 valence electrons. The number of piperazine rings is 1. The highest BCUT2D eigenvalue weighted by Crippen LogP contribution is 2.12. The molecule has 0 spiro atoms. The van der Waals surface area contributed by atoms with Gasteiger partial charge in [0.2, 0.25) is 0 Å². The van der Waals surface area contributed by atoms with E-state index in [0.29, 0.717) is 11.9 Å². The van der Waals surface area contributed by atoms with Gasteiger partial charge < -0.3 is 15.2 Å². The monoisotopic (exact) mass is 244 g/mol. The number of hydrogen-bond acceptors (Lipinski definition) is 3. The second-order valence-corrected chi connectivity index (χ2v) is 4.71. The molecule has 0 aliphatic carbocycles. The Morgan fingerprint density at radius 3 is 3.06 bits per heavy atom. The molecule has 1 fully saturated rings. The van der Waals surface area contributed by atoms with Crippen LogP contribution in [0.15, 0.2) is 24.3 Å². The van der Waals surface area contributed by atoms with Crippen molar-refractivity contribution in [2.75, 3.05) is 19.6 Å². The van der Waals surface area contributed by atoms with Crippen molar-refractivity contribution in [1.29, 1.82) is 0 Å². The molecule has 0 saturated carbocycles. The molecule has 2 N–H and O–H groups in total. The number of hydrogen-bond donors (Lipinski definition) is 2. The summed E-state index contributed by atoms with van der Waals surface area (Å²) in [5.74, 6) is 0.421. The maximum absolute atomic E-state index is 12.3. The largest absolute Gasteiger partial charge is 0.334 e. The van der Waals surface area contributed by atoms with E-state index in [1.807, 2.05) is 29.2 Å². The molecular weight excluding hydrogens is 228 g/mol. The van der Waals surface area contributed by atoms with Crippen LogP contribution >= 0.6 is 0 Å². The fraction of sp³-hybridized carbons (Fsp3) is 0.385. The van der Waals surface area contributed by atoms with Gasteiger partial charge in [0.05, 0.1) is 11.0 Å². The van der Waals surface area contributed by atoms with E-state index in [1.54, 1.807) is 0 Å². The van der Waals surface area contributed by atoms with E-state index in [-0.39, 0.29) is 5.91 Å². The van der Waals surface area contributed by atoms with Crippen LogP contribution in [0.4, 0.5) is 0 Å². The van der Waals surface area contributed by atoms with Crippen molar-refractivity contribution in [3.63, 3.8) is 0 Å². The Bertz CT molecular complexity index is 544. The highest BCUT2D eigenvalue weighted by molar-refractivity contribution is 5.94. The second kappa shape index (κ2) is 4.42. The quantitative estimate of drug-likeness (QED) is 0.786. The first-order valence-electron chi connectivity index (χ1n) is 6.21. The molecule has 2 heterocycles. The number of para-hydroxylation sites is 2. The normalized spacial score (nSPS) is 20.3. The van der Waals surface area contributed by atoms with Gasteiger partial charge in [-0.25, -0.2) is 4.98 Å². The average Bonchev–Trinajstić information content (AvgIpc) is 2.81. The molecule has 2 aromatic rings. The molecule has 1 aliphatic rings. The summed E-state index contributed by atoms with van der Waals surface area (Å²) in [4.78, 5) is 21.6. The number of nitrogens with zero attached hydrogens (tertiary/aromatic N) is 2. The van der Waals surface area contributed by atoms with Gasteiger partial charge in [0, 0.05) is 25.7 Å². The zero-order chi connectivity index (χ0) is 12.5. The van der Waals surface area contributed by atoms with Crippen molar-refractivity contribution in [2.24, 2.45) is 0 Å². The molecule has 5 nitrogen and oxygen atoms in total. The predicted molar refractivity (Wildman–Crippen MR) is 69.5 cm³/mol. The molecule has 1 aromatic heterocycles. The molecule has 1 amide bonds. The number of aromatic amines is 1. The molecule has 5 heteroatoms. The van der Waals surface area contributed by atoms with E-state index >= 15 is 0 Å². The Hall–Kier alpha value is -1.88. The minimum absolute atomic E-state index is 0.0143. The molecule has 1 saturated heterocycles. The zero-order valence-corrected chi connectivity index (χ0v) is 10.3. The molecule has 3 rings (SSSR count). The van der Waals surface area contributed by atoms with E-state index in [9.17, 15) is 4.79 Å². The number of carbonyl (C=O) groups excluding carboxylic acids is 1. The number of imidazole rings is 1. The summed E-state index contributed by atoms with van der Waals surface area (Å²) in [6.45, 7) is 4.39. The lowest BCUT2D eigenvalue weighted by atomic mass is 10.2. The highest BCUT2D eigenvalue weighted by atomic mass is 16.2. The number of rotatable bonds is 1. The summed E-state index contributed by atoms with van der Waals surface area (Å²) >= 11 is 0. The third kappa shape index (κ3) is 1.97. The Labute approximate surface area is 105 Å². The first-order valence-corrected chi connectivity index (χ1v) is 6.21. The fourth-order valence-electron chi connectivity index (χ4n) is 2.32. The van der Waals surface area contributed by atoms with Gasteiger partial charge in [-0.05, 0) is 19.1 Å². The molecular formula is C13H16N4O. The molecule has 0 radical (unpaired) electrons. The summed E-state index contributed by atoms with van der Waals surface area (Å²) in [5.41, 5.74) is 1.74. The highest BCUT2D eigenvalue weighted by Gasteiger charge is 2.23. The molecule has 1 aromatic carbocycles. The van der Waals surface area contributed by atoms with Crippen molar-refractivity contribution in [1.82, 2.24) is 20.2 Å². The summed E-state index contributed by atoms with van der Waals surface area (Å²) in [6, 6.07) is 8.03. The molecule has 1 atom stereocenters. The smallest absolute Gasteiger partial charge is 0.289 e. The molecule has 1 aliphatic heterocycles. The maximum atomic E-state index is 12.3. The number of nitrogens with one attached hydrogen (secondary N) is 2. The maximum Gasteiger partial charge on any atom is 0.289 e. The minimum atomic E-state index is -0.0143. The predicted octanol–water partition coefficient (Wildman–Crippen LogP) is 0.997. The van der Waals surface area contributed by atoms with E-state index in [1.165, 1.54) is 0 Å². The molecule has 1 unspecified atom stereocenters. The Morgan fingerprint density at radius 1 is 1.44 bits per heavy atom. The van der Waals surface area contributed by atoms with Gasteiger partial charge in [0.25, 0.3) is 5.91 Å². The SMILES string of the molecule is CC1CN(C(=O)c2nc3ccccc3[nH]2)CCN1. The lowest BCUT2D eigenvalue weighted by Gasteiger charge is -2.31. The standard InChI is InChI=1S/C13H16N4O/c1-9-8-17(7-6-14-9)13(18)12-15-10-4-2-3-5-11(10)16-12/h2-5,9,14H,6-8H2,1H3,(H,15,16). The number of fused-ring (bicyclic) bond motifs is 1. The van der Waals surface area contributed by atoms with E-state index < -0.39 is 0 Å². The van der Waals surface area contributed by atoms with E-state index in [4.69, 9.17) is 0 Å². The van der Waals surface area contributed by atoms with Crippen LogP contribution in [0, 0.1) is 0 Å². The second-order valence-electron chi connectivity index (χ2n) is 4.71. The van der Waals surface area contributed by atoms with Crippen LogP contribution in [0.5, 0.6) is 0 Å². The van der Waals surface area contributed by atoms with Crippen LogP contribution in [0.2, 0.25) is 0 Å². The van der Waals surface area contributed by atoms with Crippen LogP contribution in [0.3, 0.4) is 0 Å². The molecule has 18 heavy (non-hydrogen) atoms. The Balaban J connectivity index is 1.87. The number of amides is 1. The van der Waals surface area contributed by atoms with Gasteiger partial charge in [-0.15, -0.1) is 0 Å². The lowest BCUT2D eigenvalue weighted by Crippen LogP contribution is -2.51. The number of carbonyl (C=O) groups is 1. The van der Waals surface area contributed by atoms with E-state index in [0.717, 1.165) is 30.7 Å². The van der Waals surface area contributed by atoms with Crippen molar-refractivity contribution in [3.8, 4) is 0 Å². The van der Waals surface area contributed by atoms with Crippen LogP contribution in [0.1, 0.15) is 17.5 Å². The minimum Gasteiger partial charge on any atom is -0.334 e. The molecule has 0 bridgehead atoms. The van der Waals surface area contributed by atoms with Gasteiger partial charge in [-0.2, -0.15) is 0 Å². The van der Waals surface area contributed by atoms with Crippen molar-refractivity contribution >= 4 is 16.9 Å². The Kier molecular flexibility index (Phi) is 2.76. The van der Waals surface area contributed by atoms with Gasteiger partial charge in [0.15, 0.2) is 5.82 Å². The summed E-state index contributed by atoms with van der Waals surface area (Å²) in [5, 5.41) is 3.32. The average molecular weight is 244 g/mol. The fourth-order valence-corrected chi connectivity index (χ4v) is 2.32. The number of benzene rings is 1. The third-order valence-corrected chi connectivity index (χ3v) is 3.25. The van der Waals surface area contributed by atoms with Crippen LogP contribution in [-0.2, 0) is 0 Å². The summed E-state index contributed by atoms with van der Waals surface area (Å²) < 4.78 is 0. The van der Waals surface area contributed by atoms with Gasteiger partial charge in [-0.1, -0.05) is 12.1 Å². The first kappa shape index (κ1) is 11.2. The number of H-pyrrole nitrogens is 1. The van der Waals surface area contributed by atoms with Gasteiger partial charge >= 0.3 is 0 Å². The van der Waals surface area contributed by atoms with Crippen molar-refractivity contribution < 1.29 is 4.79 Å². The number of aromatic nitrogens is 2. The lowest BCUT2D eigenvalue weighted by molar-refractivity contribution is 0.0698. The summed E-state index contributed by atoms with van der Waals surface area (Å²) in [6.07, 6.45) is 0. The van der Waals surface area contributed by atoms with Gasteiger partial charge in [-0.3, -0.25) is 4.79 Å².